The van der Waals surface area contributed by atoms with Crippen LogP contribution < -0.4 is 0 Å². The molecule has 0 N–H and O–H groups in total. The third kappa shape index (κ3) is 3.52. The van der Waals surface area contributed by atoms with Gasteiger partial charge in [-0.3, -0.25) is 4.79 Å². The van der Waals surface area contributed by atoms with Crippen molar-refractivity contribution in [2.24, 2.45) is 0 Å². The normalized spacial score (nSPS) is 11.4. The van der Waals surface area contributed by atoms with Gasteiger partial charge in [0.25, 0.3) is 0 Å². The second-order valence-electron chi connectivity index (χ2n) is 2.88. The van der Waals surface area contributed by atoms with Crippen LogP contribution in [0.1, 0.15) is 18.7 Å². The average Bonchev–Trinajstić information content (AvgIpc) is 2.54. The number of hydrogen-bond acceptors (Lipinski definition) is 3. The minimum Gasteiger partial charge on any atom is -0.294 e. The zero-order chi connectivity index (χ0) is 10.6. The molecule has 1 aromatic rings. The molecule has 0 aliphatic carbocycles. The number of thioether (sulfide) groups is 1. The molecule has 0 bridgehead atoms. The Morgan fingerprint density at radius 2 is 2.29 bits per heavy atom. The molecule has 0 aliphatic rings. The topological polar surface area (TPSA) is 17.1 Å². The number of hydrogen-bond donors (Lipinski definition) is 0. The molecule has 74 valence electrons. The van der Waals surface area contributed by atoms with Crippen molar-refractivity contribution in [2.45, 2.75) is 13.8 Å². The molecule has 0 aromatic carbocycles. The number of carbonyl (C=O) groups excluding carboxylic acids is 1. The van der Waals surface area contributed by atoms with Crippen molar-refractivity contribution < 1.29 is 4.79 Å². The van der Waals surface area contributed by atoms with Crippen molar-refractivity contribution in [3.8, 4) is 0 Å². The van der Waals surface area contributed by atoms with E-state index in [1.807, 2.05) is 30.5 Å². The quantitative estimate of drug-likeness (QED) is 0.720. The molecule has 14 heavy (non-hydrogen) atoms. The van der Waals surface area contributed by atoms with Crippen LogP contribution >= 0.6 is 23.1 Å². The van der Waals surface area contributed by atoms with E-state index < -0.39 is 0 Å². The molecule has 1 heterocycles. The predicted octanol–water partition coefficient (Wildman–Crippen LogP) is 3.94. The fraction of sp³-hybridized carbons (Fsp3) is 0.182. The van der Waals surface area contributed by atoms with E-state index in [1.54, 1.807) is 18.3 Å². The first kappa shape index (κ1) is 11.3. The Hall–Kier alpha value is -0.800. The lowest BCUT2D eigenvalue weighted by Crippen LogP contribution is -1.91. The summed E-state index contributed by atoms with van der Waals surface area (Å²) < 4.78 is 0. The van der Waals surface area contributed by atoms with Gasteiger partial charge in [0.2, 0.25) is 0 Å². The molecule has 1 aromatic heterocycles. The molecule has 0 spiro atoms. The number of allylic oxidation sites excluding steroid dienone is 2. The Balaban J connectivity index is 2.88. The number of Topliss-reactive ketones (excluding diaryl/α,β-unsaturated/α-hetero) is 1. The first-order valence-corrected chi connectivity index (χ1v) is 5.88. The number of thiophene rings is 1. The van der Waals surface area contributed by atoms with E-state index in [1.165, 1.54) is 11.8 Å². The van der Waals surface area contributed by atoms with Crippen molar-refractivity contribution in [2.75, 3.05) is 0 Å². The minimum absolute atomic E-state index is 0.0893. The van der Waals surface area contributed by atoms with E-state index in [0.29, 0.717) is 0 Å². The summed E-state index contributed by atoms with van der Waals surface area (Å²) in [7, 11) is 0. The molecule has 0 saturated heterocycles. The monoisotopic (exact) mass is 224 g/mol. The van der Waals surface area contributed by atoms with Crippen molar-refractivity contribution in [3.05, 3.63) is 38.8 Å². The fourth-order valence-electron chi connectivity index (χ4n) is 0.893. The van der Waals surface area contributed by atoms with Crippen molar-refractivity contribution in [1.82, 2.24) is 0 Å². The van der Waals surface area contributed by atoms with Gasteiger partial charge in [0.1, 0.15) is 0 Å². The first-order chi connectivity index (χ1) is 6.59. The van der Waals surface area contributed by atoms with Gasteiger partial charge in [-0.15, -0.1) is 11.3 Å². The van der Waals surface area contributed by atoms with Crippen LogP contribution in [-0.4, -0.2) is 5.78 Å². The van der Waals surface area contributed by atoms with E-state index in [4.69, 9.17) is 0 Å². The zero-order valence-corrected chi connectivity index (χ0v) is 9.87. The van der Waals surface area contributed by atoms with E-state index in [2.05, 4.69) is 6.58 Å². The van der Waals surface area contributed by atoms with E-state index >= 15 is 0 Å². The van der Waals surface area contributed by atoms with Gasteiger partial charge in [-0.2, -0.15) is 0 Å². The molecular formula is C11H12OS2. The van der Waals surface area contributed by atoms with E-state index in [-0.39, 0.29) is 5.78 Å². The van der Waals surface area contributed by atoms with Crippen LogP contribution in [0.3, 0.4) is 0 Å². The second-order valence-corrected chi connectivity index (χ2v) is 5.20. The van der Waals surface area contributed by atoms with Crippen LogP contribution in [0, 0.1) is 0 Å². The highest BCUT2D eigenvalue weighted by atomic mass is 32.2. The van der Waals surface area contributed by atoms with Crippen LogP contribution in [0.25, 0.3) is 6.08 Å². The Morgan fingerprint density at radius 1 is 1.57 bits per heavy atom. The summed E-state index contributed by atoms with van der Waals surface area (Å²) in [5, 5.41) is 2.00. The molecule has 0 radical (unpaired) electrons. The third-order valence-electron chi connectivity index (χ3n) is 1.45. The van der Waals surface area contributed by atoms with Gasteiger partial charge in [0.05, 0.1) is 4.91 Å². The Bertz CT molecular complexity index is 361. The molecule has 0 atom stereocenters. The van der Waals surface area contributed by atoms with Crippen LogP contribution in [0.15, 0.2) is 33.9 Å². The summed E-state index contributed by atoms with van der Waals surface area (Å²) in [5.41, 5.74) is 0. The van der Waals surface area contributed by atoms with Crippen LogP contribution in [0.5, 0.6) is 0 Å². The summed E-state index contributed by atoms with van der Waals surface area (Å²) in [4.78, 5) is 14.1. The molecule has 0 saturated carbocycles. The highest BCUT2D eigenvalue weighted by Gasteiger charge is 2.05. The number of rotatable bonds is 4. The Labute approximate surface area is 92.5 Å². The van der Waals surface area contributed by atoms with Gasteiger partial charge in [0.15, 0.2) is 5.78 Å². The second kappa shape index (κ2) is 5.17. The largest absolute Gasteiger partial charge is 0.294 e. The molecule has 3 heteroatoms. The number of carbonyl (C=O) groups is 1. The van der Waals surface area contributed by atoms with E-state index in [0.717, 1.165) is 14.7 Å². The molecular weight excluding hydrogens is 212 g/mol. The molecule has 1 nitrogen and oxygen atoms in total. The summed E-state index contributed by atoms with van der Waals surface area (Å²) in [6.07, 6.45) is 1.91. The predicted molar refractivity (Wildman–Crippen MR) is 65.4 cm³/mol. The lowest BCUT2D eigenvalue weighted by molar-refractivity contribution is -0.112. The van der Waals surface area contributed by atoms with Crippen LogP contribution in [0.4, 0.5) is 0 Å². The molecule has 0 unspecified atom stereocenters. The third-order valence-corrected chi connectivity index (χ3v) is 3.24. The SMILES string of the molecule is C=C(C)S/C(=C/c1cccs1)C(C)=O. The van der Waals surface area contributed by atoms with Crippen molar-refractivity contribution in [3.63, 3.8) is 0 Å². The van der Waals surface area contributed by atoms with Gasteiger partial charge >= 0.3 is 0 Å². The maximum absolute atomic E-state index is 11.3. The average molecular weight is 224 g/mol. The van der Waals surface area contributed by atoms with Crippen LogP contribution in [-0.2, 0) is 4.79 Å². The summed E-state index contributed by atoms with van der Waals surface area (Å²) in [6.45, 7) is 7.26. The standard InChI is InChI=1S/C11H12OS2/c1-8(2)14-11(9(3)12)7-10-5-4-6-13-10/h4-7H,1H2,2-3H3/b11-7+. The highest BCUT2D eigenvalue weighted by Crippen LogP contribution is 2.27. The molecule has 0 fully saturated rings. The minimum atomic E-state index is 0.0893. The molecule has 1 rings (SSSR count). The molecule has 0 amide bonds. The van der Waals surface area contributed by atoms with Gasteiger partial charge in [-0.05, 0) is 36.3 Å². The lowest BCUT2D eigenvalue weighted by atomic mass is 10.3. The maximum atomic E-state index is 11.3. The fourth-order valence-corrected chi connectivity index (χ4v) is 2.33. The van der Waals surface area contributed by atoms with Gasteiger partial charge in [-0.25, -0.2) is 0 Å². The smallest absolute Gasteiger partial charge is 0.166 e. The molecule has 0 aliphatic heterocycles. The van der Waals surface area contributed by atoms with Crippen LogP contribution in [0.2, 0.25) is 0 Å². The van der Waals surface area contributed by atoms with E-state index in [9.17, 15) is 4.79 Å². The summed E-state index contributed by atoms with van der Waals surface area (Å²) in [5.74, 6) is 0.0893. The van der Waals surface area contributed by atoms with Gasteiger partial charge in [-0.1, -0.05) is 24.4 Å². The summed E-state index contributed by atoms with van der Waals surface area (Å²) in [6, 6.07) is 3.96. The van der Waals surface area contributed by atoms with Crippen molar-refractivity contribution >= 4 is 35.0 Å². The lowest BCUT2D eigenvalue weighted by Gasteiger charge is -2.01. The van der Waals surface area contributed by atoms with Gasteiger partial charge in [0, 0.05) is 4.88 Å². The van der Waals surface area contributed by atoms with Gasteiger partial charge < -0.3 is 0 Å². The first-order valence-electron chi connectivity index (χ1n) is 4.19. The summed E-state index contributed by atoms with van der Waals surface area (Å²) >= 11 is 3.05. The number of ketones is 1. The van der Waals surface area contributed by atoms with Crippen molar-refractivity contribution in [1.29, 1.82) is 0 Å². The maximum Gasteiger partial charge on any atom is 0.166 e. The highest BCUT2D eigenvalue weighted by molar-refractivity contribution is 8.07. The zero-order valence-electron chi connectivity index (χ0n) is 8.24. The Kier molecular flexibility index (Phi) is 4.17. The Morgan fingerprint density at radius 3 is 2.71 bits per heavy atom.